The maximum atomic E-state index is 13.7. The molecule has 1 unspecified atom stereocenters. The Labute approximate surface area is 203 Å². The lowest BCUT2D eigenvalue weighted by Gasteiger charge is -2.28. The first-order chi connectivity index (χ1) is 16.9. The number of ketones is 1. The predicted octanol–water partition coefficient (Wildman–Crippen LogP) is 2.26. The number of Topliss-reactive ketones (excluding diaryl/α,β-unsaturated/α-hetero) is 1. The Morgan fingerprint density at radius 3 is 2.40 bits per heavy atom. The van der Waals surface area contributed by atoms with Crippen molar-refractivity contribution in [1.82, 2.24) is 4.90 Å². The Balaban J connectivity index is 1.92. The zero-order chi connectivity index (χ0) is 25.1. The van der Waals surface area contributed by atoms with Crippen molar-refractivity contribution in [1.29, 1.82) is 0 Å². The Morgan fingerprint density at radius 2 is 1.77 bits per heavy atom. The summed E-state index contributed by atoms with van der Waals surface area (Å²) >= 11 is 0. The minimum atomic E-state index is -0.939. The SMILES string of the molecule is COc1ccc(C2/C(=C(\[O-])c3ccc(OC)c(C)c3)C(=O)C(=O)N2Cc2ccc[nH+]c2)c(OC)c1. The molecule has 0 bridgehead atoms. The number of benzene rings is 2. The van der Waals surface area contributed by atoms with Crippen molar-refractivity contribution in [2.45, 2.75) is 19.5 Å². The molecule has 0 saturated carbocycles. The molecule has 1 amide bonds. The highest BCUT2D eigenvalue weighted by Gasteiger charge is 2.45. The monoisotopic (exact) mass is 474 g/mol. The van der Waals surface area contributed by atoms with Gasteiger partial charge in [-0.1, -0.05) is 11.8 Å². The average Bonchev–Trinajstić information content (AvgIpc) is 3.13. The van der Waals surface area contributed by atoms with Crippen molar-refractivity contribution in [2.75, 3.05) is 21.3 Å². The maximum absolute atomic E-state index is 13.7. The number of amides is 1. The minimum absolute atomic E-state index is 0.122. The number of methoxy groups -OCH3 is 3. The largest absolute Gasteiger partial charge is 0.872 e. The summed E-state index contributed by atoms with van der Waals surface area (Å²) in [5.41, 5.74) is 2.21. The average molecular weight is 475 g/mol. The van der Waals surface area contributed by atoms with Gasteiger partial charge in [0.25, 0.3) is 5.91 Å². The van der Waals surface area contributed by atoms with Gasteiger partial charge in [-0.15, -0.1) is 0 Å². The molecule has 1 N–H and O–H groups in total. The van der Waals surface area contributed by atoms with Gasteiger partial charge in [-0.05, 0) is 48.4 Å². The van der Waals surface area contributed by atoms with Gasteiger partial charge < -0.3 is 24.2 Å². The fourth-order valence-corrected chi connectivity index (χ4v) is 4.30. The van der Waals surface area contributed by atoms with Gasteiger partial charge in [0, 0.05) is 28.8 Å². The summed E-state index contributed by atoms with van der Waals surface area (Å²) in [6.45, 7) is 1.93. The first-order valence-corrected chi connectivity index (χ1v) is 11.0. The van der Waals surface area contributed by atoms with E-state index in [1.807, 2.05) is 13.0 Å². The van der Waals surface area contributed by atoms with Crippen LogP contribution in [0.2, 0.25) is 0 Å². The molecule has 8 heteroatoms. The number of aromatic amines is 1. The number of hydrogen-bond donors (Lipinski definition) is 0. The first kappa shape index (κ1) is 23.8. The van der Waals surface area contributed by atoms with E-state index in [1.54, 1.807) is 62.0 Å². The van der Waals surface area contributed by atoms with Crippen molar-refractivity contribution in [3.8, 4) is 17.2 Å². The molecule has 1 aromatic heterocycles. The van der Waals surface area contributed by atoms with Crippen LogP contribution in [0.15, 0.2) is 66.5 Å². The molecule has 4 rings (SSSR count). The van der Waals surface area contributed by atoms with E-state index in [9.17, 15) is 14.7 Å². The van der Waals surface area contributed by atoms with Crippen LogP contribution in [0.1, 0.15) is 28.3 Å². The molecule has 1 aliphatic heterocycles. The summed E-state index contributed by atoms with van der Waals surface area (Å²) in [7, 11) is 4.56. The lowest BCUT2D eigenvalue weighted by molar-refractivity contribution is -0.378. The number of aromatic nitrogens is 1. The van der Waals surface area contributed by atoms with E-state index < -0.39 is 23.5 Å². The number of hydrogen-bond acceptors (Lipinski definition) is 6. The van der Waals surface area contributed by atoms with Crippen LogP contribution in [0.25, 0.3) is 5.76 Å². The molecule has 2 heterocycles. The van der Waals surface area contributed by atoms with E-state index in [0.29, 0.717) is 28.4 Å². The molecule has 2 aromatic carbocycles. The fraction of sp³-hybridized carbons (Fsp3) is 0.222. The van der Waals surface area contributed by atoms with Gasteiger partial charge in [-0.25, -0.2) is 4.98 Å². The van der Waals surface area contributed by atoms with Gasteiger partial charge in [0.05, 0.1) is 33.9 Å². The minimum Gasteiger partial charge on any atom is -0.872 e. The second-order valence-corrected chi connectivity index (χ2v) is 8.11. The van der Waals surface area contributed by atoms with Crippen LogP contribution in [-0.4, -0.2) is 37.9 Å². The second-order valence-electron chi connectivity index (χ2n) is 8.11. The topological polar surface area (TPSA) is 102 Å². The number of carbonyl (C=O) groups excluding carboxylic acids is 2. The highest BCUT2D eigenvalue weighted by atomic mass is 16.5. The third-order valence-corrected chi connectivity index (χ3v) is 6.05. The molecule has 1 fully saturated rings. The van der Waals surface area contributed by atoms with Crippen LogP contribution in [0, 0.1) is 6.92 Å². The van der Waals surface area contributed by atoms with Crippen LogP contribution in [0.5, 0.6) is 17.2 Å². The van der Waals surface area contributed by atoms with Crippen molar-refractivity contribution >= 4 is 17.4 Å². The van der Waals surface area contributed by atoms with Crippen molar-refractivity contribution in [3.05, 3.63) is 88.8 Å². The molecule has 1 atom stereocenters. The van der Waals surface area contributed by atoms with Crippen molar-refractivity contribution < 1.29 is 33.9 Å². The number of H-pyrrole nitrogens is 1. The number of rotatable bonds is 7. The molecule has 180 valence electrons. The summed E-state index contributed by atoms with van der Waals surface area (Å²) < 4.78 is 16.2. The molecule has 0 spiro atoms. The molecule has 3 aromatic rings. The molecule has 1 aliphatic rings. The standard InChI is InChI=1S/C27H26N2O6/c1-16-12-18(7-10-21(16)34-3)25(30)23-24(20-9-8-19(33-2)13-22(20)35-4)29(27(32)26(23)31)15-17-6-5-11-28-14-17/h5-14,24,30H,15H2,1-4H3/b25-23+. The van der Waals surface area contributed by atoms with Gasteiger partial charge in [0.15, 0.2) is 12.4 Å². The quantitative estimate of drug-likeness (QED) is 0.296. The highest BCUT2D eigenvalue weighted by Crippen LogP contribution is 2.44. The highest BCUT2D eigenvalue weighted by molar-refractivity contribution is 6.46. The Morgan fingerprint density at radius 1 is 1.00 bits per heavy atom. The smallest absolute Gasteiger partial charge is 0.295 e. The molecule has 8 nitrogen and oxygen atoms in total. The van der Waals surface area contributed by atoms with Crippen LogP contribution in [0.4, 0.5) is 0 Å². The van der Waals surface area contributed by atoms with Gasteiger partial charge in [-0.3, -0.25) is 9.59 Å². The summed E-state index contributed by atoms with van der Waals surface area (Å²) in [6.07, 6.45) is 3.49. The first-order valence-electron chi connectivity index (χ1n) is 11.0. The van der Waals surface area contributed by atoms with Gasteiger partial charge in [0.1, 0.15) is 17.2 Å². The van der Waals surface area contributed by atoms with Crippen molar-refractivity contribution in [2.24, 2.45) is 0 Å². The lowest BCUT2D eigenvalue weighted by Crippen LogP contribution is -2.29. The van der Waals surface area contributed by atoms with E-state index in [1.165, 1.54) is 19.1 Å². The number of nitrogens with zero attached hydrogens (tertiary/aromatic N) is 1. The second kappa shape index (κ2) is 9.89. The van der Waals surface area contributed by atoms with E-state index in [2.05, 4.69) is 4.98 Å². The Bertz CT molecular complexity index is 1300. The predicted molar refractivity (Wildman–Crippen MR) is 125 cm³/mol. The molecule has 0 radical (unpaired) electrons. The third kappa shape index (κ3) is 4.42. The van der Waals surface area contributed by atoms with Gasteiger partial charge >= 0.3 is 0 Å². The number of pyridine rings is 1. The Hall–Kier alpha value is -4.33. The molecule has 35 heavy (non-hydrogen) atoms. The number of aryl methyl sites for hydroxylation is 1. The third-order valence-electron chi connectivity index (χ3n) is 6.05. The Kier molecular flexibility index (Phi) is 6.73. The maximum Gasteiger partial charge on any atom is 0.295 e. The fourth-order valence-electron chi connectivity index (χ4n) is 4.30. The lowest BCUT2D eigenvalue weighted by atomic mass is 9.94. The van der Waals surface area contributed by atoms with Gasteiger partial charge in [-0.2, -0.15) is 0 Å². The summed E-state index contributed by atoms with van der Waals surface area (Å²) in [5, 5.41) is 13.7. The number of ether oxygens (including phenoxy) is 3. The zero-order valence-electron chi connectivity index (χ0n) is 20.0. The van der Waals surface area contributed by atoms with Crippen molar-refractivity contribution in [3.63, 3.8) is 0 Å². The summed E-state index contributed by atoms with van der Waals surface area (Å²) in [5.74, 6) is -0.520. The number of nitrogens with one attached hydrogen (secondary N) is 1. The molecular formula is C27H26N2O6. The normalized spacial score (nSPS) is 16.9. The molecule has 1 saturated heterocycles. The number of carbonyl (C=O) groups is 2. The van der Waals surface area contributed by atoms with Crippen LogP contribution in [0.3, 0.4) is 0 Å². The summed E-state index contributed by atoms with van der Waals surface area (Å²) in [6, 6.07) is 12.7. The van der Waals surface area contributed by atoms with Crippen LogP contribution < -0.4 is 24.3 Å². The van der Waals surface area contributed by atoms with E-state index in [-0.39, 0.29) is 12.1 Å². The van der Waals surface area contributed by atoms with E-state index in [0.717, 1.165) is 11.1 Å². The van der Waals surface area contributed by atoms with E-state index >= 15 is 0 Å². The zero-order valence-corrected chi connectivity index (χ0v) is 20.0. The summed E-state index contributed by atoms with van der Waals surface area (Å²) in [4.78, 5) is 30.9. The van der Waals surface area contributed by atoms with Gasteiger partial charge in [0.2, 0.25) is 5.78 Å². The van der Waals surface area contributed by atoms with Crippen LogP contribution in [-0.2, 0) is 16.1 Å². The van der Waals surface area contributed by atoms with E-state index in [4.69, 9.17) is 14.2 Å². The molecular weight excluding hydrogens is 448 g/mol. The van der Waals surface area contributed by atoms with Crippen LogP contribution >= 0.6 is 0 Å². The number of likely N-dealkylation sites (tertiary alicyclic amines) is 1. The molecule has 0 aliphatic carbocycles.